The molecule has 0 saturated carbocycles. The first-order valence-corrected chi connectivity index (χ1v) is 4.13. The quantitative estimate of drug-likeness (QED) is 0.443. The lowest BCUT2D eigenvalue weighted by atomic mass is 10.1. The first-order chi connectivity index (χ1) is 5.88. The van der Waals surface area contributed by atoms with E-state index in [0.29, 0.717) is 0 Å². The smallest absolute Gasteiger partial charge is 0.0277 e. The molecule has 0 N–H and O–H groups in total. The molecule has 0 bridgehead atoms. The van der Waals surface area contributed by atoms with E-state index in [4.69, 9.17) is 0 Å². The summed E-state index contributed by atoms with van der Waals surface area (Å²) in [6.07, 6.45) is 10.9. The van der Waals surface area contributed by atoms with Gasteiger partial charge in [0, 0.05) is 13.3 Å². The van der Waals surface area contributed by atoms with Gasteiger partial charge in [0.2, 0.25) is 0 Å². The minimum atomic E-state index is 1.06. The Labute approximate surface area is 73.5 Å². The Morgan fingerprint density at radius 1 is 1.50 bits per heavy atom. The summed E-state index contributed by atoms with van der Waals surface area (Å²) in [5, 5.41) is 0. The molecule has 1 aliphatic carbocycles. The molecule has 1 aliphatic rings. The summed E-state index contributed by atoms with van der Waals surface area (Å²) in [5.74, 6) is 0. The molecule has 0 aromatic carbocycles. The fraction of sp³-hybridized carbons (Fsp3) is 0.273. The molecule has 0 aromatic rings. The van der Waals surface area contributed by atoms with E-state index in [0.717, 1.165) is 6.42 Å². The van der Waals surface area contributed by atoms with Gasteiger partial charge in [-0.1, -0.05) is 13.0 Å². The van der Waals surface area contributed by atoms with E-state index in [9.17, 15) is 0 Å². The maximum atomic E-state index is 3.87. The van der Waals surface area contributed by atoms with Gasteiger partial charge in [0.05, 0.1) is 0 Å². The zero-order chi connectivity index (χ0) is 8.81. The Bertz CT molecular complexity index is 297. The zero-order valence-corrected chi connectivity index (χ0v) is 7.54. The second-order valence-corrected chi connectivity index (χ2v) is 2.56. The van der Waals surface area contributed by atoms with E-state index in [-0.39, 0.29) is 0 Å². The Kier molecular flexibility index (Phi) is 3.31. The lowest BCUT2D eigenvalue weighted by Crippen LogP contribution is -1.77. The van der Waals surface area contributed by atoms with Crippen molar-refractivity contribution in [1.82, 2.24) is 0 Å². The highest BCUT2D eigenvalue weighted by molar-refractivity contribution is 5.72. The Balaban J connectivity index is 2.70. The topological polar surface area (TPSA) is 12.4 Å². The largest absolute Gasteiger partial charge is 0.297 e. The molecule has 0 radical (unpaired) electrons. The third kappa shape index (κ3) is 2.08. The summed E-state index contributed by atoms with van der Waals surface area (Å²) in [4.78, 5) is 3.87. The van der Waals surface area contributed by atoms with Crippen LogP contribution in [0.5, 0.6) is 0 Å². The van der Waals surface area contributed by atoms with Gasteiger partial charge in [-0.05, 0) is 35.8 Å². The van der Waals surface area contributed by atoms with Crippen molar-refractivity contribution in [1.29, 1.82) is 0 Å². The summed E-state index contributed by atoms with van der Waals surface area (Å²) in [7, 11) is 1.77. The van der Waals surface area contributed by atoms with E-state index in [2.05, 4.69) is 23.7 Å². The standard InChI is InChI=1S/C11H13N/c1-3-10-6-4-7-11(10)8-5-9-12-2/h5-9H,3H2,1-2H3/b8-5-,12-9-. The van der Waals surface area contributed by atoms with Crippen LogP contribution in [0.1, 0.15) is 13.3 Å². The predicted molar refractivity (Wildman–Crippen MR) is 53.5 cm³/mol. The molecule has 0 heterocycles. The van der Waals surface area contributed by atoms with Crippen LogP contribution in [0.25, 0.3) is 0 Å². The highest BCUT2D eigenvalue weighted by Gasteiger charge is 1.98. The van der Waals surface area contributed by atoms with Crippen LogP contribution >= 0.6 is 0 Å². The van der Waals surface area contributed by atoms with E-state index in [1.165, 1.54) is 11.1 Å². The molecule has 0 spiro atoms. The molecule has 0 aliphatic heterocycles. The number of hydrogen-bond donors (Lipinski definition) is 0. The van der Waals surface area contributed by atoms with Gasteiger partial charge in [-0.3, -0.25) is 4.99 Å². The second-order valence-electron chi connectivity index (χ2n) is 2.56. The minimum absolute atomic E-state index is 1.06. The SMILES string of the molecule is CCC1=C(/C=C\C=N/C)C=C=C1. The number of allylic oxidation sites excluding steroid dienone is 5. The van der Waals surface area contributed by atoms with E-state index >= 15 is 0 Å². The fourth-order valence-corrected chi connectivity index (χ4v) is 1.10. The maximum Gasteiger partial charge on any atom is 0.0277 e. The first-order valence-electron chi connectivity index (χ1n) is 4.13. The molecule has 62 valence electrons. The third-order valence-electron chi connectivity index (χ3n) is 1.76. The van der Waals surface area contributed by atoms with Crippen molar-refractivity contribution in [2.75, 3.05) is 7.05 Å². The molecule has 0 fully saturated rings. The van der Waals surface area contributed by atoms with Crippen LogP contribution in [-0.4, -0.2) is 13.3 Å². The monoisotopic (exact) mass is 159 g/mol. The summed E-state index contributed by atoms with van der Waals surface area (Å²) in [6, 6.07) is 0. The van der Waals surface area contributed by atoms with E-state index in [1.807, 2.05) is 18.2 Å². The molecule has 1 rings (SSSR count). The highest BCUT2D eigenvalue weighted by atomic mass is 14.6. The Morgan fingerprint density at radius 3 is 3.00 bits per heavy atom. The fourth-order valence-electron chi connectivity index (χ4n) is 1.10. The molecule has 0 saturated heterocycles. The van der Waals surface area contributed by atoms with Crippen LogP contribution in [0.4, 0.5) is 0 Å². The summed E-state index contributed by atoms with van der Waals surface area (Å²) in [6.45, 7) is 2.15. The highest BCUT2D eigenvalue weighted by Crippen LogP contribution is 2.16. The number of nitrogens with zero attached hydrogens (tertiary/aromatic N) is 1. The van der Waals surface area contributed by atoms with Crippen molar-refractivity contribution >= 4 is 6.21 Å². The van der Waals surface area contributed by atoms with Gasteiger partial charge in [-0.15, -0.1) is 5.73 Å². The average Bonchev–Trinajstić information content (AvgIpc) is 2.52. The lowest BCUT2D eigenvalue weighted by molar-refractivity contribution is 1.14. The van der Waals surface area contributed by atoms with Gasteiger partial charge in [0.25, 0.3) is 0 Å². The minimum Gasteiger partial charge on any atom is -0.297 e. The molecule has 1 nitrogen and oxygen atoms in total. The van der Waals surface area contributed by atoms with Gasteiger partial charge < -0.3 is 0 Å². The second kappa shape index (κ2) is 4.53. The van der Waals surface area contributed by atoms with Crippen molar-refractivity contribution in [2.24, 2.45) is 4.99 Å². The molecule has 0 aromatic heterocycles. The predicted octanol–water partition coefficient (Wildman–Crippen LogP) is 2.67. The van der Waals surface area contributed by atoms with Crippen molar-refractivity contribution in [3.05, 3.63) is 41.2 Å². The molecule has 0 unspecified atom stereocenters. The Morgan fingerprint density at radius 2 is 2.33 bits per heavy atom. The van der Waals surface area contributed by atoms with Crippen molar-refractivity contribution in [3.8, 4) is 0 Å². The van der Waals surface area contributed by atoms with Crippen molar-refractivity contribution < 1.29 is 0 Å². The molecule has 12 heavy (non-hydrogen) atoms. The van der Waals surface area contributed by atoms with Gasteiger partial charge in [0.15, 0.2) is 0 Å². The molecule has 0 atom stereocenters. The van der Waals surface area contributed by atoms with Crippen molar-refractivity contribution in [2.45, 2.75) is 13.3 Å². The Hall–Kier alpha value is -1.33. The van der Waals surface area contributed by atoms with Crippen LogP contribution in [0.2, 0.25) is 0 Å². The van der Waals surface area contributed by atoms with Gasteiger partial charge in [0.1, 0.15) is 0 Å². The van der Waals surface area contributed by atoms with E-state index < -0.39 is 0 Å². The number of aliphatic imine (C=N–C) groups is 1. The molecular weight excluding hydrogens is 146 g/mol. The summed E-state index contributed by atoms with van der Waals surface area (Å²) in [5.41, 5.74) is 5.67. The van der Waals surface area contributed by atoms with E-state index in [1.54, 1.807) is 13.3 Å². The summed E-state index contributed by atoms with van der Waals surface area (Å²) >= 11 is 0. The molecule has 0 amide bonds. The third-order valence-corrected chi connectivity index (χ3v) is 1.76. The molecule has 1 heteroatoms. The summed E-state index contributed by atoms with van der Waals surface area (Å²) < 4.78 is 0. The van der Waals surface area contributed by atoms with Crippen molar-refractivity contribution in [3.63, 3.8) is 0 Å². The first kappa shape index (κ1) is 8.76. The number of hydrogen-bond acceptors (Lipinski definition) is 1. The zero-order valence-electron chi connectivity index (χ0n) is 7.54. The van der Waals surface area contributed by atoms with Gasteiger partial charge in [-0.2, -0.15) is 0 Å². The van der Waals surface area contributed by atoms with Gasteiger partial charge >= 0.3 is 0 Å². The molecular formula is C11H13N. The van der Waals surface area contributed by atoms with Gasteiger partial charge in [-0.25, -0.2) is 0 Å². The lowest BCUT2D eigenvalue weighted by Gasteiger charge is -1.94. The van der Waals surface area contributed by atoms with Crippen LogP contribution in [-0.2, 0) is 0 Å². The maximum absolute atomic E-state index is 3.87. The van der Waals surface area contributed by atoms with Crippen LogP contribution in [0, 0.1) is 0 Å². The van der Waals surface area contributed by atoms with Crippen LogP contribution < -0.4 is 0 Å². The number of rotatable bonds is 3. The normalized spacial score (nSPS) is 16.2. The average molecular weight is 159 g/mol. The van der Waals surface area contributed by atoms with Crippen LogP contribution in [0.15, 0.2) is 46.2 Å². The van der Waals surface area contributed by atoms with Crippen LogP contribution in [0.3, 0.4) is 0 Å².